The average Bonchev–Trinajstić information content (AvgIpc) is 2.78. The van der Waals surface area contributed by atoms with Crippen molar-refractivity contribution in [2.45, 2.75) is 38.6 Å². The average molecular weight is 404 g/mol. The van der Waals surface area contributed by atoms with Crippen LogP contribution in [0.2, 0.25) is 0 Å². The number of nitrogens with one attached hydrogen (secondary N) is 1. The quantitative estimate of drug-likeness (QED) is 0.667. The third kappa shape index (κ3) is 4.25. The van der Waals surface area contributed by atoms with Gasteiger partial charge in [-0.3, -0.25) is 9.78 Å². The first-order valence-electron chi connectivity index (χ1n) is 10.6. The SMILES string of the molecule is COc1ccc(N2CCC(NC(=O)c3cc(C(C)C)nc4ccccc34)CC2)cc1. The summed E-state index contributed by atoms with van der Waals surface area (Å²) in [5, 5.41) is 4.18. The summed E-state index contributed by atoms with van der Waals surface area (Å²) >= 11 is 0. The molecular formula is C25H29N3O2. The van der Waals surface area contributed by atoms with Crippen molar-refractivity contribution < 1.29 is 9.53 Å². The summed E-state index contributed by atoms with van der Waals surface area (Å²) in [6.07, 6.45) is 1.86. The number of hydrogen-bond acceptors (Lipinski definition) is 4. The number of benzene rings is 2. The second-order valence-electron chi connectivity index (χ2n) is 8.20. The van der Waals surface area contributed by atoms with Crippen LogP contribution < -0.4 is 15.0 Å². The number of carbonyl (C=O) groups excluding carboxylic acids is 1. The van der Waals surface area contributed by atoms with Crippen molar-refractivity contribution in [2.75, 3.05) is 25.1 Å². The molecule has 1 aliphatic rings. The molecular weight excluding hydrogens is 374 g/mol. The molecule has 1 fully saturated rings. The Balaban J connectivity index is 1.45. The van der Waals surface area contributed by atoms with E-state index >= 15 is 0 Å². The number of anilines is 1. The van der Waals surface area contributed by atoms with Gasteiger partial charge in [-0.25, -0.2) is 0 Å². The van der Waals surface area contributed by atoms with E-state index in [1.807, 2.05) is 42.5 Å². The smallest absolute Gasteiger partial charge is 0.252 e. The van der Waals surface area contributed by atoms with Crippen molar-refractivity contribution >= 4 is 22.5 Å². The highest BCUT2D eigenvalue weighted by atomic mass is 16.5. The van der Waals surface area contributed by atoms with Crippen molar-refractivity contribution in [3.8, 4) is 5.75 Å². The number of para-hydroxylation sites is 1. The van der Waals surface area contributed by atoms with Gasteiger partial charge in [0.15, 0.2) is 0 Å². The normalized spacial score (nSPS) is 14.9. The zero-order valence-electron chi connectivity index (χ0n) is 17.9. The van der Waals surface area contributed by atoms with Gasteiger partial charge in [-0.2, -0.15) is 0 Å². The number of pyridine rings is 1. The van der Waals surface area contributed by atoms with Gasteiger partial charge in [0, 0.05) is 35.9 Å². The fraction of sp³-hybridized carbons (Fsp3) is 0.360. The molecule has 3 aromatic rings. The number of fused-ring (bicyclic) bond motifs is 1. The molecule has 0 atom stereocenters. The van der Waals surface area contributed by atoms with Gasteiger partial charge < -0.3 is 15.0 Å². The van der Waals surface area contributed by atoms with Crippen LogP contribution in [0.4, 0.5) is 5.69 Å². The number of piperidine rings is 1. The molecule has 0 aliphatic carbocycles. The minimum Gasteiger partial charge on any atom is -0.497 e. The summed E-state index contributed by atoms with van der Waals surface area (Å²) in [5.74, 6) is 1.14. The summed E-state index contributed by atoms with van der Waals surface area (Å²) < 4.78 is 5.24. The lowest BCUT2D eigenvalue weighted by Gasteiger charge is -2.34. The van der Waals surface area contributed by atoms with Crippen molar-refractivity contribution in [2.24, 2.45) is 0 Å². The first-order valence-corrected chi connectivity index (χ1v) is 10.6. The molecule has 1 saturated heterocycles. The number of hydrogen-bond donors (Lipinski definition) is 1. The largest absolute Gasteiger partial charge is 0.497 e. The number of amides is 1. The molecule has 0 spiro atoms. The van der Waals surface area contributed by atoms with E-state index in [1.165, 1.54) is 5.69 Å². The van der Waals surface area contributed by atoms with Crippen LogP contribution in [0, 0.1) is 0 Å². The molecule has 30 heavy (non-hydrogen) atoms. The standard InChI is InChI=1S/C25H29N3O2/c1-17(2)24-16-22(21-6-4-5-7-23(21)27-24)25(29)26-18-12-14-28(15-13-18)19-8-10-20(30-3)11-9-19/h4-11,16-18H,12-15H2,1-3H3,(H,26,29). The number of methoxy groups -OCH3 is 1. The summed E-state index contributed by atoms with van der Waals surface area (Å²) in [5.41, 5.74) is 3.75. The lowest BCUT2D eigenvalue weighted by atomic mass is 10.0. The number of nitrogens with zero attached hydrogens (tertiary/aromatic N) is 2. The van der Waals surface area contributed by atoms with Crippen LogP contribution in [0.1, 0.15) is 48.7 Å². The highest BCUT2D eigenvalue weighted by Gasteiger charge is 2.23. The lowest BCUT2D eigenvalue weighted by molar-refractivity contribution is 0.0932. The molecule has 156 valence electrons. The Hall–Kier alpha value is -3.08. The fourth-order valence-electron chi connectivity index (χ4n) is 4.02. The third-order valence-electron chi connectivity index (χ3n) is 5.84. The summed E-state index contributed by atoms with van der Waals surface area (Å²) in [7, 11) is 1.68. The van der Waals surface area contributed by atoms with Crippen molar-refractivity contribution in [1.29, 1.82) is 0 Å². The number of aromatic nitrogens is 1. The first-order chi connectivity index (χ1) is 14.5. The molecule has 5 heteroatoms. The Bertz CT molecular complexity index is 1020. The Morgan fingerprint density at radius 1 is 1.10 bits per heavy atom. The Labute approximate surface area is 178 Å². The van der Waals surface area contributed by atoms with Crippen LogP contribution in [0.15, 0.2) is 54.6 Å². The highest BCUT2D eigenvalue weighted by molar-refractivity contribution is 6.06. The van der Waals surface area contributed by atoms with E-state index in [0.29, 0.717) is 0 Å². The Morgan fingerprint density at radius 3 is 2.47 bits per heavy atom. The topological polar surface area (TPSA) is 54.5 Å². The lowest BCUT2D eigenvalue weighted by Crippen LogP contribution is -2.44. The van der Waals surface area contributed by atoms with E-state index in [4.69, 9.17) is 9.72 Å². The second kappa shape index (κ2) is 8.74. The predicted octanol–water partition coefficient (Wildman–Crippen LogP) is 4.77. The predicted molar refractivity (Wildman–Crippen MR) is 122 cm³/mol. The fourth-order valence-corrected chi connectivity index (χ4v) is 4.02. The van der Waals surface area contributed by atoms with E-state index in [2.05, 4.69) is 36.2 Å². The van der Waals surface area contributed by atoms with Crippen molar-refractivity contribution in [3.05, 3.63) is 65.9 Å². The van der Waals surface area contributed by atoms with E-state index in [-0.39, 0.29) is 17.9 Å². The first kappa shape index (κ1) is 20.2. The van der Waals surface area contributed by atoms with Gasteiger partial charge in [-0.15, -0.1) is 0 Å². The van der Waals surface area contributed by atoms with Crippen molar-refractivity contribution in [1.82, 2.24) is 10.3 Å². The Kier molecular flexibility index (Phi) is 5.88. The number of carbonyl (C=O) groups is 1. The molecule has 1 N–H and O–H groups in total. The molecule has 2 aromatic carbocycles. The van der Waals surface area contributed by atoms with Gasteiger partial charge in [0.05, 0.1) is 18.2 Å². The maximum atomic E-state index is 13.2. The molecule has 1 amide bonds. The van der Waals surface area contributed by atoms with E-state index in [1.54, 1.807) is 7.11 Å². The molecule has 0 radical (unpaired) electrons. The highest BCUT2D eigenvalue weighted by Crippen LogP contribution is 2.25. The van der Waals surface area contributed by atoms with Crippen LogP contribution in [0.5, 0.6) is 5.75 Å². The maximum Gasteiger partial charge on any atom is 0.252 e. The second-order valence-corrected chi connectivity index (χ2v) is 8.20. The minimum absolute atomic E-state index is 0.00148. The monoisotopic (exact) mass is 403 g/mol. The van der Waals surface area contributed by atoms with Gasteiger partial charge >= 0.3 is 0 Å². The summed E-state index contributed by atoms with van der Waals surface area (Å²) in [6, 6.07) is 18.2. The van der Waals surface area contributed by atoms with Crippen LogP contribution >= 0.6 is 0 Å². The zero-order chi connectivity index (χ0) is 21.1. The number of rotatable bonds is 5. The van der Waals surface area contributed by atoms with Crippen LogP contribution in [-0.2, 0) is 0 Å². The van der Waals surface area contributed by atoms with E-state index < -0.39 is 0 Å². The maximum absolute atomic E-state index is 13.2. The third-order valence-corrected chi connectivity index (χ3v) is 5.84. The molecule has 2 heterocycles. The molecule has 0 saturated carbocycles. The van der Waals surface area contributed by atoms with Gasteiger partial charge in [0.2, 0.25) is 0 Å². The minimum atomic E-state index is -0.00148. The molecule has 4 rings (SSSR count). The summed E-state index contributed by atoms with van der Waals surface area (Å²) in [4.78, 5) is 20.2. The zero-order valence-corrected chi connectivity index (χ0v) is 17.9. The van der Waals surface area contributed by atoms with Crippen LogP contribution in [0.3, 0.4) is 0 Å². The Morgan fingerprint density at radius 2 is 1.80 bits per heavy atom. The number of ether oxygens (including phenoxy) is 1. The van der Waals surface area contributed by atoms with Gasteiger partial charge in [-0.1, -0.05) is 32.0 Å². The van der Waals surface area contributed by atoms with Gasteiger partial charge in [0.25, 0.3) is 5.91 Å². The van der Waals surface area contributed by atoms with Crippen LogP contribution in [-0.4, -0.2) is 37.1 Å². The van der Waals surface area contributed by atoms with E-state index in [0.717, 1.165) is 53.8 Å². The molecule has 5 nitrogen and oxygen atoms in total. The molecule has 1 aliphatic heterocycles. The van der Waals surface area contributed by atoms with Crippen molar-refractivity contribution in [3.63, 3.8) is 0 Å². The molecule has 1 aromatic heterocycles. The van der Waals surface area contributed by atoms with E-state index in [9.17, 15) is 4.79 Å². The molecule has 0 unspecified atom stereocenters. The van der Waals surface area contributed by atoms with Gasteiger partial charge in [-0.05, 0) is 55.2 Å². The van der Waals surface area contributed by atoms with Crippen LogP contribution in [0.25, 0.3) is 10.9 Å². The molecule has 0 bridgehead atoms. The van der Waals surface area contributed by atoms with Gasteiger partial charge in [0.1, 0.15) is 5.75 Å². The summed E-state index contributed by atoms with van der Waals surface area (Å²) in [6.45, 7) is 6.05.